The van der Waals surface area contributed by atoms with Gasteiger partial charge in [-0.1, -0.05) is 0 Å². The van der Waals surface area contributed by atoms with Crippen molar-refractivity contribution in [2.75, 3.05) is 14.2 Å². The molecular formula is C14H16BrNO3. The molecule has 0 aliphatic carbocycles. The Morgan fingerprint density at radius 3 is 2.53 bits per heavy atom. The third kappa shape index (κ3) is 2.62. The van der Waals surface area contributed by atoms with E-state index in [2.05, 4.69) is 15.9 Å². The van der Waals surface area contributed by atoms with Gasteiger partial charge in [0.15, 0.2) is 0 Å². The van der Waals surface area contributed by atoms with E-state index in [1.165, 1.54) is 0 Å². The number of hydrogen-bond acceptors (Lipinski definition) is 4. The highest BCUT2D eigenvalue weighted by Crippen LogP contribution is 2.40. The molecule has 5 heteroatoms. The van der Waals surface area contributed by atoms with E-state index >= 15 is 0 Å². The van der Waals surface area contributed by atoms with Crippen LogP contribution in [0.25, 0.3) is 0 Å². The molecule has 0 aliphatic heterocycles. The van der Waals surface area contributed by atoms with Crippen LogP contribution in [-0.4, -0.2) is 14.2 Å². The Hall–Kier alpha value is -1.46. The first-order valence-corrected chi connectivity index (χ1v) is 6.58. The van der Waals surface area contributed by atoms with E-state index in [0.29, 0.717) is 11.5 Å². The SMILES string of the molecule is COc1ccc(C(N)c2coc(C)c2)c(OC)c1Br. The molecular weight excluding hydrogens is 310 g/mol. The highest BCUT2D eigenvalue weighted by molar-refractivity contribution is 9.10. The van der Waals surface area contributed by atoms with Gasteiger partial charge in [0, 0.05) is 11.1 Å². The third-order valence-electron chi connectivity index (χ3n) is 2.96. The smallest absolute Gasteiger partial charge is 0.141 e. The highest BCUT2D eigenvalue weighted by Gasteiger charge is 2.20. The maximum Gasteiger partial charge on any atom is 0.141 e. The molecule has 1 aromatic carbocycles. The van der Waals surface area contributed by atoms with Crippen LogP contribution in [0.1, 0.15) is 22.9 Å². The quantitative estimate of drug-likeness (QED) is 0.935. The van der Waals surface area contributed by atoms with Crippen LogP contribution in [0.4, 0.5) is 0 Å². The van der Waals surface area contributed by atoms with Gasteiger partial charge in [0.05, 0.1) is 26.5 Å². The predicted octanol–water partition coefficient (Wildman–Crippen LogP) is 3.42. The van der Waals surface area contributed by atoms with Gasteiger partial charge in [-0.2, -0.15) is 0 Å². The van der Waals surface area contributed by atoms with Gasteiger partial charge in [-0.3, -0.25) is 0 Å². The van der Waals surface area contributed by atoms with Gasteiger partial charge in [-0.25, -0.2) is 0 Å². The molecule has 0 spiro atoms. The number of halogens is 1. The lowest BCUT2D eigenvalue weighted by molar-refractivity contribution is 0.385. The summed E-state index contributed by atoms with van der Waals surface area (Å²) >= 11 is 3.47. The lowest BCUT2D eigenvalue weighted by Gasteiger charge is -2.17. The van der Waals surface area contributed by atoms with Gasteiger partial charge in [0.1, 0.15) is 21.7 Å². The Morgan fingerprint density at radius 1 is 1.26 bits per heavy atom. The van der Waals surface area contributed by atoms with E-state index in [1.54, 1.807) is 20.5 Å². The van der Waals surface area contributed by atoms with Crippen LogP contribution in [0.3, 0.4) is 0 Å². The second-order valence-corrected chi connectivity index (χ2v) is 4.97. The summed E-state index contributed by atoms with van der Waals surface area (Å²) in [6, 6.07) is 5.36. The number of rotatable bonds is 4. The number of aryl methyl sites for hydroxylation is 1. The van der Waals surface area contributed by atoms with Crippen molar-refractivity contribution >= 4 is 15.9 Å². The first kappa shape index (κ1) is 14.0. The average molecular weight is 326 g/mol. The van der Waals surface area contributed by atoms with Crippen molar-refractivity contribution in [2.24, 2.45) is 5.73 Å². The lowest BCUT2D eigenvalue weighted by atomic mass is 10.0. The topological polar surface area (TPSA) is 57.6 Å². The summed E-state index contributed by atoms with van der Waals surface area (Å²) < 4.78 is 16.7. The number of furan rings is 1. The maximum absolute atomic E-state index is 6.26. The van der Waals surface area contributed by atoms with Crippen LogP contribution in [-0.2, 0) is 0 Å². The molecule has 2 aromatic rings. The van der Waals surface area contributed by atoms with Crippen LogP contribution in [0.5, 0.6) is 11.5 Å². The van der Waals surface area contributed by atoms with E-state index in [0.717, 1.165) is 21.4 Å². The molecule has 1 unspecified atom stereocenters. The highest BCUT2D eigenvalue weighted by atomic mass is 79.9. The van der Waals surface area contributed by atoms with E-state index in [4.69, 9.17) is 19.6 Å². The summed E-state index contributed by atoms with van der Waals surface area (Å²) in [7, 11) is 3.22. The van der Waals surface area contributed by atoms with Gasteiger partial charge < -0.3 is 19.6 Å². The van der Waals surface area contributed by atoms with Crippen LogP contribution < -0.4 is 15.2 Å². The third-order valence-corrected chi connectivity index (χ3v) is 3.71. The number of methoxy groups -OCH3 is 2. The van der Waals surface area contributed by atoms with E-state index in [-0.39, 0.29) is 6.04 Å². The summed E-state index contributed by atoms with van der Waals surface area (Å²) in [5, 5.41) is 0. The Kier molecular flexibility index (Phi) is 4.17. The van der Waals surface area contributed by atoms with Crippen LogP contribution in [0, 0.1) is 6.92 Å². The van der Waals surface area contributed by atoms with Crippen molar-refractivity contribution in [3.63, 3.8) is 0 Å². The number of ether oxygens (including phenoxy) is 2. The largest absolute Gasteiger partial charge is 0.495 e. The van der Waals surface area contributed by atoms with Crippen molar-refractivity contribution in [2.45, 2.75) is 13.0 Å². The van der Waals surface area contributed by atoms with Crippen LogP contribution in [0.2, 0.25) is 0 Å². The molecule has 0 bridgehead atoms. The summed E-state index contributed by atoms with van der Waals surface area (Å²) in [4.78, 5) is 0. The zero-order valence-electron chi connectivity index (χ0n) is 11.1. The first-order valence-electron chi connectivity index (χ1n) is 5.79. The minimum Gasteiger partial charge on any atom is -0.495 e. The van der Waals surface area contributed by atoms with Crippen LogP contribution >= 0.6 is 15.9 Å². The van der Waals surface area contributed by atoms with Gasteiger partial charge in [0.2, 0.25) is 0 Å². The van der Waals surface area contributed by atoms with Crippen molar-refractivity contribution in [1.29, 1.82) is 0 Å². The molecule has 0 fully saturated rings. The fourth-order valence-electron chi connectivity index (χ4n) is 1.97. The monoisotopic (exact) mass is 325 g/mol. The van der Waals surface area contributed by atoms with Gasteiger partial charge >= 0.3 is 0 Å². The molecule has 102 valence electrons. The van der Waals surface area contributed by atoms with Gasteiger partial charge in [0.25, 0.3) is 0 Å². The molecule has 0 amide bonds. The molecule has 0 radical (unpaired) electrons. The van der Waals surface area contributed by atoms with E-state index in [1.807, 2.05) is 25.1 Å². The lowest BCUT2D eigenvalue weighted by Crippen LogP contribution is -2.12. The first-order chi connectivity index (χ1) is 9.08. The summed E-state index contributed by atoms with van der Waals surface area (Å²) in [5.74, 6) is 2.21. The number of nitrogens with two attached hydrogens (primary N) is 1. The minimum absolute atomic E-state index is 0.311. The zero-order chi connectivity index (χ0) is 14.0. The minimum atomic E-state index is -0.311. The Bertz CT molecular complexity index is 580. The Balaban J connectivity index is 2.47. The molecule has 2 rings (SSSR count). The predicted molar refractivity (Wildman–Crippen MR) is 76.7 cm³/mol. The van der Waals surface area contributed by atoms with E-state index in [9.17, 15) is 0 Å². The average Bonchev–Trinajstić information content (AvgIpc) is 2.84. The normalized spacial score (nSPS) is 12.3. The molecule has 1 aromatic heterocycles. The second-order valence-electron chi connectivity index (χ2n) is 4.17. The fraction of sp³-hybridized carbons (Fsp3) is 0.286. The molecule has 0 saturated heterocycles. The van der Waals surface area contributed by atoms with Crippen molar-refractivity contribution in [3.8, 4) is 11.5 Å². The number of hydrogen-bond donors (Lipinski definition) is 1. The maximum atomic E-state index is 6.26. The Labute approximate surface area is 120 Å². The second kappa shape index (κ2) is 5.67. The standard InChI is InChI=1S/C14H16BrNO3/c1-8-6-9(7-19-8)13(16)10-4-5-11(17-2)12(15)14(10)18-3/h4-7,13H,16H2,1-3H3. The molecule has 1 atom stereocenters. The summed E-state index contributed by atoms with van der Waals surface area (Å²) in [6.07, 6.45) is 1.66. The molecule has 0 aliphatic rings. The van der Waals surface area contributed by atoms with Crippen molar-refractivity contribution in [1.82, 2.24) is 0 Å². The molecule has 4 nitrogen and oxygen atoms in total. The van der Waals surface area contributed by atoms with Crippen molar-refractivity contribution < 1.29 is 13.9 Å². The van der Waals surface area contributed by atoms with Gasteiger partial charge in [-0.05, 0) is 41.1 Å². The fourth-order valence-corrected chi connectivity index (χ4v) is 2.65. The van der Waals surface area contributed by atoms with Crippen molar-refractivity contribution in [3.05, 3.63) is 45.8 Å². The van der Waals surface area contributed by atoms with Crippen LogP contribution in [0.15, 0.2) is 33.4 Å². The molecule has 19 heavy (non-hydrogen) atoms. The Morgan fingerprint density at radius 2 is 2.00 bits per heavy atom. The zero-order valence-corrected chi connectivity index (χ0v) is 12.7. The summed E-state index contributed by atoms with van der Waals surface area (Å²) in [6.45, 7) is 1.89. The van der Waals surface area contributed by atoms with Gasteiger partial charge in [-0.15, -0.1) is 0 Å². The van der Waals surface area contributed by atoms with E-state index < -0.39 is 0 Å². The molecule has 2 N–H and O–H groups in total. The number of benzene rings is 1. The summed E-state index contributed by atoms with van der Waals surface area (Å²) in [5.41, 5.74) is 8.05. The molecule has 0 saturated carbocycles. The molecule has 1 heterocycles.